The van der Waals surface area contributed by atoms with Crippen LogP contribution in [0, 0.1) is 5.82 Å². The van der Waals surface area contributed by atoms with Crippen LogP contribution >= 0.6 is 0 Å². The molecular weight excluding hydrogens is 405 g/mol. The molecule has 8 nitrogen and oxygen atoms in total. The van der Waals surface area contributed by atoms with Gasteiger partial charge in [0.1, 0.15) is 11.5 Å². The fourth-order valence-corrected chi connectivity index (χ4v) is 2.98. The number of para-hydroxylation sites is 1. The molecule has 0 spiro atoms. The van der Waals surface area contributed by atoms with Crippen LogP contribution in [0.1, 0.15) is 18.9 Å². The van der Waals surface area contributed by atoms with Gasteiger partial charge in [-0.1, -0.05) is 19.1 Å². The first-order valence-electron chi connectivity index (χ1n) is 9.62. The zero-order valence-electron chi connectivity index (χ0n) is 17.1. The maximum absolute atomic E-state index is 13.0. The summed E-state index contributed by atoms with van der Waals surface area (Å²) in [7, 11) is 1.45. The van der Waals surface area contributed by atoms with E-state index in [1.807, 2.05) is 6.92 Å². The van der Waals surface area contributed by atoms with Crippen molar-refractivity contribution < 1.29 is 28.2 Å². The van der Waals surface area contributed by atoms with Crippen LogP contribution in [0.15, 0.2) is 48.2 Å². The molecule has 0 radical (unpaired) electrons. The van der Waals surface area contributed by atoms with Gasteiger partial charge in [-0.3, -0.25) is 14.5 Å². The van der Waals surface area contributed by atoms with E-state index < -0.39 is 23.7 Å². The Morgan fingerprint density at radius 3 is 2.61 bits per heavy atom. The van der Waals surface area contributed by atoms with Gasteiger partial charge in [0.2, 0.25) is 0 Å². The topological polar surface area (TPSA) is 97.0 Å². The summed E-state index contributed by atoms with van der Waals surface area (Å²) in [6.07, 6.45) is 2.12. The summed E-state index contributed by atoms with van der Waals surface area (Å²) in [5.41, 5.74) is 0.982. The molecule has 0 saturated carbocycles. The van der Waals surface area contributed by atoms with E-state index in [1.54, 1.807) is 18.2 Å². The highest BCUT2D eigenvalue weighted by Gasteiger charge is 2.33. The molecule has 1 aliphatic heterocycles. The monoisotopic (exact) mass is 427 g/mol. The zero-order chi connectivity index (χ0) is 22.4. The minimum atomic E-state index is -0.484. The van der Waals surface area contributed by atoms with E-state index in [0.717, 1.165) is 4.90 Å². The molecule has 31 heavy (non-hydrogen) atoms. The normalized spacial score (nSPS) is 14.5. The van der Waals surface area contributed by atoms with Gasteiger partial charge in [0.25, 0.3) is 11.8 Å². The molecule has 0 aromatic heterocycles. The van der Waals surface area contributed by atoms with Crippen molar-refractivity contribution in [3.05, 3.63) is 59.5 Å². The third kappa shape index (κ3) is 5.19. The van der Waals surface area contributed by atoms with E-state index in [9.17, 15) is 18.8 Å². The number of nitrogens with zero attached hydrogens (tertiary/aromatic N) is 1. The van der Waals surface area contributed by atoms with Gasteiger partial charge in [-0.25, -0.2) is 9.18 Å². The summed E-state index contributed by atoms with van der Waals surface area (Å²) in [6.45, 7) is 1.83. The van der Waals surface area contributed by atoms with E-state index in [2.05, 4.69) is 10.6 Å². The third-order valence-corrected chi connectivity index (χ3v) is 4.41. The van der Waals surface area contributed by atoms with Crippen molar-refractivity contribution in [3.63, 3.8) is 0 Å². The highest BCUT2D eigenvalue weighted by Crippen LogP contribution is 2.33. The number of imide groups is 1. The number of halogens is 1. The molecule has 2 aromatic carbocycles. The summed E-state index contributed by atoms with van der Waals surface area (Å²) in [6, 6.07) is 9.86. The molecule has 3 rings (SSSR count). The van der Waals surface area contributed by atoms with Gasteiger partial charge in [0, 0.05) is 17.8 Å². The maximum Gasteiger partial charge on any atom is 0.329 e. The minimum absolute atomic E-state index is 0.104. The van der Waals surface area contributed by atoms with E-state index in [4.69, 9.17) is 9.47 Å². The van der Waals surface area contributed by atoms with Crippen LogP contribution in [0.3, 0.4) is 0 Å². The number of anilines is 1. The molecule has 0 unspecified atom stereocenters. The molecule has 0 aliphatic carbocycles. The number of nitrogens with one attached hydrogen (secondary N) is 2. The Morgan fingerprint density at radius 2 is 1.94 bits per heavy atom. The van der Waals surface area contributed by atoms with Crippen LogP contribution in [0.4, 0.5) is 14.9 Å². The second-order valence-electron chi connectivity index (χ2n) is 6.67. The molecule has 1 fully saturated rings. The molecule has 1 heterocycles. The van der Waals surface area contributed by atoms with Crippen molar-refractivity contribution in [1.29, 1.82) is 0 Å². The van der Waals surface area contributed by atoms with Crippen LogP contribution in [0.25, 0.3) is 6.08 Å². The van der Waals surface area contributed by atoms with Gasteiger partial charge in [-0.05, 0) is 42.8 Å². The summed E-state index contributed by atoms with van der Waals surface area (Å²) in [5, 5.41) is 5.14. The van der Waals surface area contributed by atoms with Crippen LogP contribution in [0.2, 0.25) is 0 Å². The number of ether oxygens (including phenoxy) is 2. The number of rotatable bonds is 8. The quantitative estimate of drug-likeness (QED) is 0.498. The smallest absolute Gasteiger partial charge is 0.329 e. The highest BCUT2D eigenvalue weighted by atomic mass is 19.1. The van der Waals surface area contributed by atoms with Crippen molar-refractivity contribution >= 4 is 29.6 Å². The molecule has 1 saturated heterocycles. The van der Waals surface area contributed by atoms with E-state index in [0.29, 0.717) is 30.0 Å². The Morgan fingerprint density at radius 1 is 1.19 bits per heavy atom. The Kier molecular flexibility index (Phi) is 6.86. The van der Waals surface area contributed by atoms with Crippen LogP contribution in [-0.2, 0) is 9.59 Å². The summed E-state index contributed by atoms with van der Waals surface area (Å²) in [5.74, 6) is -0.717. The van der Waals surface area contributed by atoms with E-state index >= 15 is 0 Å². The number of amides is 4. The lowest BCUT2D eigenvalue weighted by atomic mass is 10.1. The lowest BCUT2D eigenvalue weighted by Gasteiger charge is -2.14. The van der Waals surface area contributed by atoms with Crippen LogP contribution in [0.5, 0.6) is 11.5 Å². The molecular formula is C22H22FN3O5. The lowest BCUT2D eigenvalue weighted by Crippen LogP contribution is -2.31. The van der Waals surface area contributed by atoms with E-state index in [1.165, 1.54) is 37.5 Å². The van der Waals surface area contributed by atoms with Crippen molar-refractivity contribution in [3.8, 4) is 11.5 Å². The number of hydrogen-bond acceptors (Lipinski definition) is 5. The van der Waals surface area contributed by atoms with E-state index in [-0.39, 0.29) is 18.1 Å². The fraction of sp³-hybridized carbons (Fsp3) is 0.227. The van der Waals surface area contributed by atoms with Crippen molar-refractivity contribution in [2.24, 2.45) is 0 Å². The molecule has 2 aromatic rings. The van der Waals surface area contributed by atoms with Gasteiger partial charge in [0.15, 0.2) is 18.1 Å². The Labute approximate surface area is 178 Å². The molecule has 162 valence electrons. The number of methoxy groups -OCH3 is 1. The highest BCUT2D eigenvalue weighted by molar-refractivity contribution is 6.14. The zero-order valence-corrected chi connectivity index (χ0v) is 17.1. The maximum atomic E-state index is 13.0. The van der Waals surface area contributed by atoms with Crippen LogP contribution in [-0.4, -0.2) is 43.0 Å². The standard InChI is InChI=1S/C22H22FN3O5/c1-3-11-26-21(28)17(25-22(26)29)12-14-5-4-6-18(30-2)20(14)31-13-19(27)24-16-9-7-15(23)8-10-16/h4-10,12H,3,11,13H2,1-2H3,(H,24,27)(H,25,29)/b17-12+. The third-order valence-electron chi connectivity index (χ3n) is 4.41. The van der Waals surface area contributed by atoms with Crippen molar-refractivity contribution in [1.82, 2.24) is 10.2 Å². The predicted molar refractivity (Wildman–Crippen MR) is 112 cm³/mol. The van der Waals surface area contributed by atoms with Gasteiger partial charge in [0.05, 0.1) is 7.11 Å². The fourth-order valence-electron chi connectivity index (χ4n) is 2.98. The van der Waals surface area contributed by atoms with Gasteiger partial charge >= 0.3 is 6.03 Å². The van der Waals surface area contributed by atoms with Gasteiger partial charge in [-0.2, -0.15) is 0 Å². The minimum Gasteiger partial charge on any atom is -0.493 e. The van der Waals surface area contributed by atoms with Crippen molar-refractivity contribution in [2.75, 3.05) is 25.6 Å². The molecule has 0 atom stereocenters. The molecule has 4 amide bonds. The molecule has 9 heteroatoms. The lowest BCUT2D eigenvalue weighted by molar-refractivity contribution is -0.123. The van der Waals surface area contributed by atoms with Crippen molar-refractivity contribution in [2.45, 2.75) is 13.3 Å². The number of hydrogen-bond donors (Lipinski definition) is 2. The van der Waals surface area contributed by atoms with Crippen LogP contribution < -0.4 is 20.1 Å². The second kappa shape index (κ2) is 9.75. The number of carbonyl (C=O) groups excluding carboxylic acids is 3. The first kappa shape index (κ1) is 21.8. The summed E-state index contributed by atoms with van der Waals surface area (Å²) >= 11 is 0. The Balaban J connectivity index is 1.78. The predicted octanol–water partition coefficient (Wildman–Crippen LogP) is 3.15. The summed E-state index contributed by atoms with van der Waals surface area (Å²) < 4.78 is 24.0. The SMILES string of the molecule is CCCN1C(=O)N/C(=C/c2cccc(OC)c2OCC(=O)Nc2ccc(F)cc2)C1=O. The molecule has 0 bridgehead atoms. The Hall–Kier alpha value is -3.88. The first-order valence-corrected chi connectivity index (χ1v) is 9.62. The molecule has 2 N–H and O–H groups in total. The first-order chi connectivity index (χ1) is 14.9. The largest absolute Gasteiger partial charge is 0.493 e. The summed E-state index contributed by atoms with van der Waals surface area (Å²) in [4.78, 5) is 37.9. The second-order valence-corrected chi connectivity index (χ2v) is 6.67. The van der Waals surface area contributed by atoms with Gasteiger partial charge in [-0.15, -0.1) is 0 Å². The average molecular weight is 427 g/mol. The average Bonchev–Trinajstić information content (AvgIpc) is 3.02. The number of urea groups is 1. The number of benzene rings is 2. The molecule has 1 aliphatic rings. The number of carbonyl (C=O) groups is 3. The van der Waals surface area contributed by atoms with Gasteiger partial charge < -0.3 is 20.1 Å². The Bertz CT molecular complexity index is 1020.